The summed E-state index contributed by atoms with van der Waals surface area (Å²) >= 11 is 0. The van der Waals surface area contributed by atoms with Gasteiger partial charge in [0.1, 0.15) is 0 Å². The average molecular weight is 427 g/mol. The maximum Gasteiger partial charge on any atom is 0.198 e. The van der Waals surface area contributed by atoms with E-state index in [1.807, 2.05) is 37.3 Å². The summed E-state index contributed by atoms with van der Waals surface area (Å²) in [5.41, 5.74) is 5.06. The number of fused-ring (bicyclic) bond motifs is 1. The number of hydrogen-bond acceptors (Lipinski definition) is 5. The van der Waals surface area contributed by atoms with E-state index < -0.39 is 0 Å². The van der Waals surface area contributed by atoms with E-state index in [1.165, 1.54) is 0 Å². The summed E-state index contributed by atoms with van der Waals surface area (Å²) in [6.07, 6.45) is 3.97. The van der Waals surface area contributed by atoms with Crippen LogP contribution in [0.1, 0.15) is 33.2 Å². The Morgan fingerprint density at radius 1 is 0.812 bits per heavy atom. The Bertz CT molecular complexity index is 1120. The van der Waals surface area contributed by atoms with Crippen LogP contribution in [0.2, 0.25) is 0 Å². The highest BCUT2D eigenvalue weighted by Gasteiger charge is 2.35. The van der Waals surface area contributed by atoms with Gasteiger partial charge in [0.05, 0.1) is 18.8 Å². The number of carbonyl (C=O) groups is 2. The fraction of sp³-hybridized carbons (Fsp3) is 0.259. The standard InChI is InChI=1S/C27H26N2O3/c1-19-17-21(25-26(30)22-9-5-6-10-23(22)27(25)31)18-24(20-7-3-2-4-8-20)29(19)12-11-28-13-15-32-16-14-28/h2-10,17-18H,11-16H2,1H3. The van der Waals surface area contributed by atoms with Crippen LogP contribution >= 0.6 is 0 Å². The second-order valence-electron chi connectivity index (χ2n) is 8.32. The second-order valence-corrected chi connectivity index (χ2v) is 8.32. The van der Waals surface area contributed by atoms with E-state index >= 15 is 0 Å². The van der Waals surface area contributed by atoms with Gasteiger partial charge in [-0.15, -0.1) is 0 Å². The minimum Gasteiger partial charge on any atom is -0.379 e. The topological polar surface area (TPSA) is 49.9 Å². The van der Waals surface area contributed by atoms with E-state index in [0.717, 1.165) is 56.4 Å². The zero-order valence-corrected chi connectivity index (χ0v) is 18.2. The SMILES string of the molecule is CC1=CC(=C2C(=O)c3ccccc3C2=O)C=C(c2ccccc2)N1CCN1CCOCC1. The molecule has 2 aliphatic heterocycles. The lowest BCUT2D eigenvalue weighted by Crippen LogP contribution is -2.41. The molecule has 0 bridgehead atoms. The van der Waals surface area contributed by atoms with Crippen molar-refractivity contribution in [2.24, 2.45) is 0 Å². The minimum atomic E-state index is -0.185. The van der Waals surface area contributed by atoms with E-state index in [2.05, 4.69) is 21.9 Å². The highest BCUT2D eigenvalue weighted by molar-refractivity contribution is 6.40. The van der Waals surface area contributed by atoms with Crippen LogP contribution in [0, 0.1) is 0 Å². The lowest BCUT2D eigenvalue weighted by molar-refractivity contribution is 0.0364. The van der Waals surface area contributed by atoms with Gasteiger partial charge in [-0.05, 0) is 30.2 Å². The zero-order chi connectivity index (χ0) is 22.1. The van der Waals surface area contributed by atoms with Crippen LogP contribution in [0.15, 0.2) is 83.6 Å². The number of Topliss-reactive ketones (excluding diaryl/α,β-unsaturated/α-hetero) is 2. The highest BCUT2D eigenvalue weighted by Crippen LogP contribution is 2.35. The first-order chi connectivity index (χ1) is 15.6. The van der Waals surface area contributed by atoms with Gasteiger partial charge in [-0.2, -0.15) is 0 Å². The third kappa shape index (κ3) is 3.74. The maximum absolute atomic E-state index is 13.1. The molecule has 0 radical (unpaired) electrons. The molecule has 0 N–H and O–H groups in total. The van der Waals surface area contributed by atoms with Gasteiger partial charge in [0.15, 0.2) is 11.6 Å². The van der Waals surface area contributed by atoms with Crippen molar-refractivity contribution >= 4 is 17.3 Å². The number of morpholine rings is 1. The molecule has 1 saturated heterocycles. The Hall–Kier alpha value is -3.28. The average Bonchev–Trinajstić information content (AvgIpc) is 3.09. The quantitative estimate of drug-likeness (QED) is 0.547. The molecule has 1 aliphatic carbocycles. The summed E-state index contributed by atoms with van der Waals surface area (Å²) in [6.45, 7) is 7.23. The molecule has 0 amide bonds. The Balaban J connectivity index is 1.53. The van der Waals surface area contributed by atoms with Gasteiger partial charge >= 0.3 is 0 Å². The van der Waals surface area contributed by atoms with Crippen molar-refractivity contribution in [3.63, 3.8) is 0 Å². The fourth-order valence-corrected chi connectivity index (χ4v) is 4.63. The third-order valence-electron chi connectivity index (χ3n) is 6.35. The van der Waals surface area contributed by atoms with Crippen molar-refractivity contribution in [1.82, 2.24) is 9.80 Å². The minimum absolute atomic E-state index is 0.185. The van der Waals surface area contributed by atoms with Crippen molar-refractivity contribution in [1.29, 1.82) is 0 Å². The summed E-state index contributed by atoms with van der Waals surface area (Å²) in [5, 5.41) is 0. The molecule has 0 saturated carbocycles. The van der Waals surface area contributed by atoms with Gasteiger partial charge in [-0.25, -0.2) is 0 Å². The molecule has 0 spiro atoms. The van der Waals surface area contributed by atoms with E-state index in [4.69, 9.17) is 4.74 Å². The number of hydrogen-bond donors (Lipinski definition) is 0. The van der Waals surface area contributed by atoms with E-state index in [0.29, 0.717) is 16.7 Å². The highest BCUT2D eigenvalue weighted by atomic mass is 16.5. The molecule has 1 fully saturated rings. The number of carbonyl (C=O) groups excluding carboxylic acids is 2. The largest absolute Gasteiger partial charge is 0.379 e. The predicted octanol–water partition coefficient (Wildman–Crippen LogP) is 3.95. The monoisotopic (exact) mass is 426 g/mol. The molecule has 2 heterocycles. The second kappa shape index (κ2) is 8.69. The molecule has 162 valence electrons. The van der Waals surface area contributed by atoms with Crippen LogP contribution < -0.4 is 0 Å². The van der Waals surface area contributed by atoms with Crippen molar-refractivity contribution in [3.05, 3.63) is 100 Å². The summed E-state index contributed by atoms with van der Waals surface area (Å²) < 4.78 is 5.47. The zero-order valence-electron chi connectivity index (χ0n) is 18.2. The van der Waals surface area contributed by atoms with Crippen LogP contribution in [0.4, 0.5) is 0 Å². The van der Waals surface area contributed by atoms with Gasteiger partial charge < -0.3 is 9.64 Å². The van der Waals surface area contributed by atoms with Crippen molar-refractivity contribution in [2.75, 3.05) is 39.4 Å². The molecule has 5 nitrogen and oxygen atoms in total. The molecule has 5 rings (SSSR count). The molecule has 3 aliphatic rings. The molecule has 0 atom stereocenters. The van der Waals surface area contributed by atoms with Gasteiger partial charge in [-0.1, -0.05) is 54.6 Å². The van der Waals surface area contributed by atoms with E-state index in [9.17, 15) is 9.59 Å². The maximum atomic E-state index is 13.1. The Morgan fingerprint density at radius 3 is 2.09 bits per heavy atom. The van der Waals surface area contributed by atoms with E-state index in [-0.39, 0.29) is 17.1 Å². The first kappa shape index (κ1) is 20.6. The van der Waals surface area contributed by atoms with E-state index in [1.54, 1.807) is 24.3 Å². The smallest absolute Gasteiger partial charge is 0.198 e. The van der Waals surface area contributed by atoms with Crippen LogP contribution in [-0.4, -0.2) is 60.8 Å². The number of benzene rings is 2. The van der Waals surface area contributed by atoms with Gasteiger partial charge in [0.2, 0.25) is 0 Å². The molecule has 2 aromatic rings. The van der Waals surface area contributed by atoms with Crippen LogP contribution in [-0.2, 0) is 4.74 Å². The molecule has 5 heteroatoms. The molecule has 0 unspecified atom stereocenters. The Labute approximate surface area is 188 Å². The Morgan fingerprint density at radius 2 is 1.44 bits per heavy atom. The first-order valence-electron chi connectivity index (χ1n) is 11.1. The fourth-order valence-electron chi connectivity index (χ4n) is 4.63. The van der Waals surface area contributed by atoms with Crippen LogP contribution in [0.25, 0.3) is 5.70 Å². The summed E-state index contributed by atoms with van der Waals surface area (Å²) in [6, 6.07) is 17.2. The summed E-state index contributed by atoms with van der Waals surface area (Å²) in [4.78, 5) is 30.9. The molecule has 0 aromatic heterocycles. The van der Waals surface area contributed by atoms with Crippen LogP contribution in [0.5, 0.6) is 0 Å². The number of nitrogens with zero attached hydrogens (tertiary/aromatic N) is 2. The summed E-state index contributed by atoms with van der Waals surface area (Å²) in [5.74, 6) is -0.370. The molecular weight excluding hydrogens is 400 g/mol. The number of ketones is 2. The number of ether oxygens (including phenoxy) is 1. The van der Waals surface area contributed by atoms with Crippen molar-refractivity contribution in [2.45, 2.75) is 6.92 Å². The van der Waals surface area contributed by atoms with Crippen LogP contribution in [0.3, 0.4) is 0 Å². The molecule has 2 aromatic carbocycles. The van der Waals surface area contributed by atoms with Gasteiger partial charge in [-0.3, -0.25) is 14.5 Å². The lowest BCUT2D eigenvalue weighted by Gasteiger charge is -2.35. The van der Waals surface area contributed by atoms with Crippen molar-refractivity contribution in [3.8, 4) is 0 Å². The van der Waals surface area contributed by atoms with Gasteiger partial charge in [0, 0.05) is 48.7 Å². The third-order valence-corrected chi connectivity index (χ3v) is 6.35. The predicted molar refractivity (Wildman–Crippen MR) is 124 cm³/mol. The first-order valence-corrected chi connectivity index (χ1v) is 11.1. The summed E-state index contributed by atoms with van der Waals surface area (Å²) in [7, 11) is 0. The van der Waals surface area contributed by atoms with Crippen molar-refractivity contribution < 1.29 is 14.3 Å². The number of allylic oxidation sites excluding steroid dienone is 5. The Kier molecular flexibility index (Phi) is 5.60. The normalized spacial score (nSPS) is 19.2. The lowest BCUT2D eigenvalue weighted by atomic mass is 9.96. The molecular formula is C27H26N2O3. The van der Waals surface area contributed by atoms with Gasteiger partial charge in [0.25, 0.3) is 0 Å². The number of rotatable bonds is 4. The molecule has 32 heavy (non-hydrogen) atoms.